The van der Waals surface area contributed by atoms with Gasteiger partial charge in [0.05, 0.1) is 10.6 Å². The highest BCUT2D eigenvalue weighted by Crippen LogP contribution is 2.43. The van der Waals surface area contributed by atoms with E-state index in [1.54, 1.807) is 12.1 Å². The van der Waals surface area contributed by atoms with Crippen LogP contribution in [0.2, 0.25) is 5.02 Å². The molecule has 1 fully saturated rings. The Labute approximate surface area is 385 Å². The van der Waals surface area contributed by atoms with Crippen molar-refractivity contribution in [2.24, 2.45) is 5.41 Å². The van der Waals surface area contributed by atoms with E-state index in [4.69, 9.17) is 11.6 Å². The van der Waals surface area contributed by atoms with E-state index < -0.39 is 52.8 Å². The van der Waals surface area contributed by atoms with Crippen LogP contribution < -0.4 is 14.9 Å². The van der Waals surface area contributed by atoms with Crippen LogP contribution in [0.25, 0.3) is 5.57 Å². The summed E-state index contributed by atoms with van der Waals surface area (Å²) in [5.41, 5.74) is -1.01. The van der Waals surface area contributed by atoms with E-state index in [2.05, 4.69) is 46.0 Å². The number of hydrogen-bond donors (Lipinski definition) is 2. The molecule has 1 aliphatic carbocycles. The number of alkyl halides is 3. The number of sulfonamides is 1. The molecule has 346 valence electrons. The van der Waals surface area contributed by atoms with Crippen LogP contribution in [0.5, 0.6) is 0 Å². The van der Waals surface area contributed by atoms with Gasteiger partial charge in [0.25, 0.3) is 25.8 Å². The van der Waals surface area contributed by atoms with E-state index >= 15 is 0 Å². The van der Waals surface area contributed by atoms with Crippen molar-refractivity contribution in [2.45, 2.75) is 85.7 Å². The zero-order valence-electron chi connectivity index (χ0n) is 36.8. The maximum absolute atomic E-state index is 14.1. The third kappa shape index (κ3) is 12.6. The summed E-state index contributed by atoms with van der Waals surface area (Å²) < 4.78 is 97.5. The van der Waals surface area contributed by atoms with Crippen molar-refractivity contribution < 1.29 is 34.8 Å². The number of anilines is 2. The van der Waals surface area contributed by atoms with Gasteiger partial charge in [-0.15, -0.1) is 11.8 Å². The molecule has 0 bridgehead atoms. The van der Waals surface area contributed by atoms with E-state index in [-0.39, 0.29) is 17.0 Å². The fraction of sp³-hybridized carbons (Fsp3) is 0.426. The zero-order chi connectivity index (χ0) is 46.5. The average molecular weight is 961 g/mol. The lowest BCUT2D eigenvalue weighted by Crippen LogP contribution is -2.47. The minimum absolute atomic E-state index is 0.000845. The van der Waals surface area contributed by atoms with Crippen LogP contribution in [0.15, 0.2) is 117 Å². The van der Waals surface area contributed by atoms with Crippen molar-refractivity contribution in [3.8, 4) is 0 Å². The lowest BCUT2D eigenvalue weighted by atomic mass is 9.73. The summed E-state index contributed by atoms with van der Waals surface area (Å²) in [7, 11) is -8.97. The Morgan fingerprint density at radius 2 is 1.56 bits per heavy atom. The molecule has 0 spiro atoms. The van der Waals surface area contributed by atoms with E-state index in [9.17, 15) is 34.8 Å². The molecular formula is C47H57ClF3N5O5S3. The highest BCUT2D eigenvalue weighted by Gasteiger charge is 2.48. The third-order valence-electron chi connectivity index (χ3n) is 12.0. The van der Waals surface area contributed by atoms with E-state index in [1.807, 2.05) is 68.1 Å². The maximum atomic E-state index is 14.1. The molecule has 2 N–H and O–H groups in total. The summed E-state index contributed by atoms with van der Waals surface area (Å²) in [6, 6.07) is 26.0. The molecule has 64 heavy (non-hydrogen) atoms. The standard InChI is InChI=1S/C47H57ClF3N5O5S3/c1-33(2)54(5)24-22-38(32-62-40-9-7-6-8-10-40)52-43-20-19-41(29-44(43)63(58,59)47(49,50)51)64(60,61)53-45(57)35-13-17-39(18-14-35)56-27-25-55(26-28-56)31-36-30-46(3,4)23-21-42(36)34-11-15-37(48)16-12-34/h6-20,29,33,38,52H,21-28,30-32H2,1-5H3,(H,53,57)/t38-/m1/s1. The predicted molar refractivity (Wildman–Crippen MR) is 252 cm³/mol. The Bertz CT molecular complexity index is 2500. The second-order valence-corrected chi connectivity index (χ2v) is 22.7. The SMILES string of the molecule is CC(C)N(C)CC[C@H](CSc1ccccc1)Nc1ccc(S(=O)(=O)NC(=O)c2ccc(N3CCN(CC4=C(c5ccc(Cl)cc5)CCC(C)(C)C4)CC3)cc2)cc1S(=O)(=O)C(F)(F)F. The third-order valence-corrected chi connectivity index (χ3v) is 16.3. The summed E-state index contributed by atoms with van der Waals surface area (Å²) in [5, 5.41) is 3.69. The largest absolute Gasteiger partial charge is 0.501 e. The molecule has 4 aromatic rings. The minimum atomic E-state index is -6.05. The molecule has 1 amide bonds. The summed E-state index contributed by atoms with van der Waals surface area (Å²) in [4.78, 5) is 18.9. The number of nitrogens with zero attached hydrogens (tertiary/aromatic N) is 3. The van der Waals surface area contributed by atoms with Gasteiger partial charge in [-0.05, 0) is 130 Å². The number of amides is 1. The maximum Gasteiger partial charge on any atom is 0.501 e. The first-order valence-corrected chi connectivity index (χ1v) is 25.7. The van der Waals surface area contributed by atoms with Gasteiger partial charge in [-0.1, -0.05) is 61.4 Å². The fourth-order valence-electron chi connectivity index (χ4n) is 7.95. The number of halogens is 4. The van der Waals surface area contributed by atoms with Crippen LogP contribution in [-0.2, 0) is 19.9 Å². The number of sulfone groups is 1. The highest BCUT2D eigenvalue weighted by molar-refractivity contribution is 7.99. The van der Waals surface area contributed by atoms with E-state index in [0.29, 0.717) is 29.8 Å². The first kappa shape index (κ1) is 49.4. The van der Waals surface area contributed by atoms with Crippen LogP contribution in [0, 0.1) is 5.41 Å². The Balaban J connectivity index is 1.13. The van der Waals surface area contributed by atoms with Gasteiger partial charge >= 0.3 is 5.51 Å². The van der Waals surface area contributed by atoms with Crippen molar-refractivity contribution in [1.29, 1.82) is 0 Å². The Morgan fingerprint density at radius 1 is 0.906 bits per heavy atom. The molecule has 0 radical (unpaired) electrons. The van der Waals surface area contributed by atoms with E-state index in [1.165, 1.54) is 40.6 Å². The van der Waals surface area contributed by atoms with Gasteiger partial charge in [0, 0.05) is 78.3 Å². The van der Waals surface area contributed by atoms with Crippen LogP contribution in [-0.4, -0.2) is 102 Å². The van der Waals surface area contributed by atoms with Gasteiger partial charge in [-0.3, -0.25) is 9.69 Å². The molecule has 10 nitrogen and oxygen atoms in total. The zero-order valence-corrected chi connectivity index (χ0v) is 40.0. The van der Waals surface area contributed by atoms with E-state index in [0.717, 1.165) is 74.7 Å². The van der Waals surface area contributed by atoms with Crippen molar-refractivity contribution in [3.63, 3.8) is 0 Å². The molecule has 6 rings (SSSR count). The molecule has 1 aliphatic heterocycles. The molecule has 17 heteroatoms. The number of thioether (sulfide) groups is 1. The first-order valence-electron chi connectivity index (χ1n) is 21.3. The van der Waals surface area contributed by atoms with Crippen LogP contribution in [0.3, 0.4) is 0 Å². The van der Waals surface area contributed by atoms with Crippen LogP contribution in [0.4, 0.5) is 24.5 Å². The number of carbonyl (C=O) groups excluding carboxylic acids is 1. The fourth-order valence-corrected chi connectivity index (χ4v) is 11.1. The predicted octanol–water partition coefficient (Wildman–Crippen LogP) is 9.84. The number of rotatable bonds is 17. The van der Waals surface area contributed by atoms with Gasteiger partial charge in [0.15, 0.2) is 0 Å². The first-order chi connectivity index (χ1) is 30.1. The molecule has 0 unspecified atom stereocenters. The second kappa shape index (κ2) is 20.6. The number of allylic oxidation sites excluding steroid dienone is 1. The molecule has 0 aromatic heterocycles. The van der Waals surface area contributed by atoms with Crippen molar-refractivity contribution in [3.05, 3.63) is 119 Å². The summed E-state index contributed by atoms with van der Waals surface area (Å²) in [6.07, 6.45) is 3.60. The molecule has 1 heterocycles. The normalized spacial score (nSPS) is 16.9. The lowest BCUT2D eigenvalue weighted by Gasteiger charge is -2.39. The average Bonchev–Trinajstić information content (AvgIpc) is 3.24. The number of benzene rings is 4. The van der Waals surface area contributed by atoms with Crippen LogP contribution >= 0.6 is 23.4 Å². The van der Waals surface area contributed by atoms with Gasteiger partial charge in [0.1, 0.15) is 4.90 Å². The molecule has 2 aliphatic rings. The Kier molecular flexibility index (Phi) is 15.9. The molecule has 0 saturated carbocycles. The van der Waals surface area contributed by atoms with Gasteiger partial charge in [-0.25, -0.2) is 21.6 Å². The molecule has 4 aromatic carbocycles. The summed E-state index contributed by atoms with van der Waals surface area (Å²) in [6.45, 7) is 13.2. The summed E-state index contributed by atoms with van der Waals surface area (Å²) in [5.74, 6) is -0.651. The van der Waals surface area contributed by atoms with Gasteiger partial charge in [0.2, 0.25) is 0 Å². The Morgan fingerprint density at radius 3 is 2.19 bits per heavy atom. The minimum Gasteiger partial charge on any atom is -0.380 e. The molecular weight excluding hydrogens is 903 g/mol. The topological polar surface area (TPSA) is 119 Å². The van der Waals surface area contributed by atoms with Gasteiger partial charge in [-0.2, -0.15) is 13.2 Å². The van der Waals surface area contributed by atoms with Crippen molar-refractivity contribution in [1.82, 2.24) is 14.5 Å². The summed E-state index contributed by atoms with van der Waals surface area (Å²) >= 11 is 7.63. The van der Waals surface area contributed by atoms with Crippen molar-refractivity contribution >= 4 is 66.1 Å². The number of carbonyl (C=O) groups is 1. The van der Waals surface area contributed by atoms with Crippen molar-refractivity contribution in [2.75, 3.05) is 62.3 Å². The highest BCUT2D eigenvalue weighted by atomic mass is 35.5. The number of hydrogen-bond acceptors (Lipinski definition) is 10. The quantitative estimate of drug-likeness (QED) is 0.0991. The monoisotopic (exact) mass is 959 g/mol. The molecule has 1 atom stereocenters. The lowest BCUT2D eigenvalue weighted by molar-refractivity contribution is -0.0435. The molecule has 1 saturated heterocycles. The second-order valence-electron chi connectivity index (χ2n) is 17.6. The van der Waals surface area contributed by atoms with Gasteiger partial charge < -0.3 is 15.1 Å². The number of nitrogens with one attached hydrogen (secondary N) is 2. The number of piperazine rings is 1. The Hall–Kier alpha value is -4.06. The van der Waals surface area contributed by atoms with Crippen LogP contribution in [0.1, 0.15) is 69.3 Å². The smallest absolute Gasteiger partial charge is 0.380 e.